The molecule has 1 atom stereocenters. The Hall–Kier alpha value is -0.880. The molecule has 6 heteroatoms. The summed E-state index contributed by atoms with van der Waals surface area (Å²) in [5.74, 6) is 0. The van der Waals surface area contributed by atoms with E-state index >= 15 is 0 Å². The number of halogens is 1. The van der Waals surface area contributed by atoms with E-state index in [1.807, 2.05) is 19.1 Å². The van der Waals surface area contributed by atoms with Crippen LogP contribution < -0.4 is 0 Å². The molecule has 1 saturated heterocycles. The largest absolute Gasteiger partial charge is 0.373 e. The summed E-state index contributed by atoms with van der Waals surface area (Å²) in [4.78, 5) is 0.279. The molecule has 1 aliphatic heterocycles. The first-order valence-corrected chi connectivity index (χ1v) is 8.84. The maximum Gasteiger partial charge on any atom is 0.243 e. The number of ether oxygens (including phenoxy) is 1. The van der Waals surface area contributed by atoms with Crippen LogP contribution >= 0.6 is 11.6 Å². The Morgan fingerprint density at radius 1 is 1.38 bits per heavy atom. The molecule has 1 aromatic carbocycles. The van der Waals surface area contributed by atoms with Gasteiger partial charge in [-0.15, -0.1) is 0 Å². The molecule has 0 spiro atoms. The van der Waals surface area contributed by atoms with Gasteiger partial charge < -0.3 is 4.74 Å². The summed E-state index contributed by atoms with van der Waals surface area (Å²) in [7, 11) is -3.47. The van der Waals surface area contributed by atoms with E-state index in [-0.39, 0.29) is 11.0 Å². The third kappa shape index (κ3) is 4.30. The van der Waals surface area contributed by atoms with E-state index in [0.29, 0.717) is 24.7 Å². The highest BCUT2D eigenvalue weighted by molar-refractivity contribution is 7.89. The minimum atomic E-state index is -3.47. The number of allylic oxidation sites excluding steroid dienone is 1. The van der Waals surface area contributed by atoms with Gasteiger partial charge >= 0.3 is 0 Å². The topological polar surface area (TPSA) is 46.6 Å². The Morgan fingerprint density at radius 3 is 2.76 bits per heavy atom. The van der Waals surface area contributed by atoms with Crippen LogP contribution in [0.25, 0.3) is 0 Å². The molecule has 0 saturated carbocycles. The van der Waals surface area contributed by atoms with Crippen molar-refractivity contribution in [3.63, 3.8) is 0 Å². The summed E-state index contributed by atoms with van der Waals surface area (Å²) < 4.78 is 32.4. The summed E-state index contributed by atoms with van der Waals surface area (Å²) in [6.07, 6.45) is 5.51. The van der Waals surface area contributed by atoms with E-state index in [1.54, 1.807) is 24.3 Å². The molecule has 1 aromatic rings. The molecule has 4 nitrogen and oxygen atoms in total. The van der Waals surface area contributed by atoms with E-state index < -0.39 is 10.0 Å². The number of sulfonamides is 1. The van der Waals surface area contributed by atoms with Crippen LogP contribution in [0.5, 0.6) is 0 Å². The number of benzene rings is 1. The molecule has 1 aliphatic rings. The number of hydrogen-bond donors (Lipinski definition) is 0. The lowest BCUT2D eigenvalue weighted by Gasteiger charge is -2.31. The van der Waals surface area contributed by atoms with Gasteiger partial charge in [-0.2, -0.15) is 4.31 Å². The summed E-state index contributed by atoms with van der Waals surface area (Å²) >= 11 is 5.81. The fourth-order valence-corrected chi connectivity index (χ4v) is 3.94. The highest BCUT2D eigenvalue weighted by Gasteiger charge is 2.30. The zero-order valence-corrected chi connectivity index (χ0v) is 13.6. The first-order valence-electron chi connectivity index (χ1n) is 7.02. The van der Waals surface area contributed by atoms with Crippen molar-refractivity contribution in [2.75, 3.05) is 19.7 Å². The second-order valence-electron chi connectivity index (χ2n) is 4.98. The highest BCUT2D eigenvalue weighted by Crippen LogP contribution is 2.23. The van der Waals surface area contributed by atoms with E-state index in [2.05, 4.69) is 0 Å². The van der Waals surface area contributed by atoms with Crippen LogP contribution in [-0.2, 0) is 14.8 Å². The molecule has 21 heavy (non-hydrogen) atoms. The van der Waals surface area contributed by atoms with Crippen molar-refractivity contribution in [3.8, 4) is 0 Å². The minimum Gasteiger partial charge on any atom is -0.373 e. The van der Waals surface area contributed by atoms with Gasteiger partial charge in [-0.05, 0) is 44.0 Å². The van der Waals surface area contributed by atoms with Gasteiger partial charge in [-0.25, -0.2) is 8.42 Å². The monoisotopic (exact) mass is 329 g/mol. The molecule has 0 aromatic heterocycles. The normalized spacial score (nSPS) is 21.0. The third-order valence-electron chi connectivity index (χ3n) is 3.46. The molecule has 0 radical (unpaired) electrons. The van der Waals surface area contributed by atoms with Gasteiger partial charge in [0.1, 0.15) is 0 Å². The second kappa shape index (κ2) is 7.40. The number of hydrogen-bond acceptors (Lipinski definition) is 3. The maximum atomic E-state index is 12.6. The molecule has 2 rings (SSSR count). The van der Waals surface area contributed by atoms with Crippen molar-refractivity contribution in [2.45, 2.75) is 30.8 Å². The van der Waals surface area contributed by atoms with Crippen LogP contribution in [-0.4, -0.2) is 38.5 Å². The summed E-state index contributed by atoms with van der Waals surface area (Å²) in [6, 6.07) is 6.28. The first kappa shape index (κ1) is 16.5. The average Bonchev–Trinajstić information content (AvgIpc) is 2.48. The van der Waals surface area contributed by atoms with E-state index in [0.717, 1.165) is 12.8 Å². The fraction of sp³-hybridized carbons (Fsp3) is 0.467. The van der Waals surface area contributed by atoms with Crippen LogP contribution in [0, 0.1) is 0 Å². The average molecular weight is 330 g/mol. The van der Waals surface area contributed by atoms with Crippen molar-refractivity contribution >= 4 is 21.6 Å². The SMILES string of the molecule is C/C=C\CO[C@@H]1CCCN(S(=O)(=O)c2ccc(Cl)cc2)C1. The smallest absolute Gasteiger partial charge is 0.243 e. The van der Waals surface area contributed by atoms with E-state index in [1.165, 1.54) is 4.31 Å². The predicted octanol–water partition coefficient (Wildman–Crippen LogP) is 3.09. The quantitative estimate of drug-likeness (QED) is 0.780. The van der Waals surface area contributed by atoms with Gasteiger partial charge in [-0.1, -0.05) is 23.8 Å². The molecule has 0 aliphatic carbocycles. The van der Waals surface area contributed by atoms with Crippen molar-refractivity contribution < 1.29 is 13.2 Å². The molecule has 0 N–H and O–H groups in total. The number of rotatable bonds is 5. The molecule has 116 valence electrons. The van der Waals surface area contributed by atoms with Crippen molar-refractivity contribution in [1.29, 1.82) is 0 Å². The second-order valence-corrected chi connectivity index (χ2v) is 7.36. The van der Waals surface area contributed by atoms with Crippen LogP contribution in [0.3, 0.4) is 0 Å². The molecule has 0 unspecified atom stereocenters. The van der Waals surface area contributed by atoms with E-state index in [4.69, 9.17) is 16.3 Å². The molecular weight excluding hydrogens is 310 g/mol. The van der Waals surface area contributed by atoms with Crippen molar-refractivity contribution in [2.24, 2.45) is 0 Å². The summed E-state index contributed by atoms with van der Waals surface area (Å²) in [6.45, 7) is 3.40. The van der Waals surface area contributed by atoms with Gasteiger partial charge in [0.05, 0.1) is 17.6 Å². The maximum absolute atomic E-state index is 12.6. The van der Waals surface area contributed by atoms with Crippen LogP contribution in [0.4, 0.5) is 0 Å². The Bertz CT molecular complexity index is 583. The molecule has 0 amide bonds. The Labute approximate surface area is 131 Å². The summed E-state index contributed by atoms with van der Waals surface area (Å²) in [5.41, 5.74) is 0. The zero-order valence-electron chi connectivity index (χ0n) is 12.0. The Morgan fingerprint density at radius 2 is 2.10 bits per heavy atom. The van der Waals surface area contributed by atoms with Gasteiger partial charge in [0, 0.05) is 18.1 Å². The van der Waals surface area contributed by atoms with Crippen molar-refractivity contribution in [1.82, 2.24) is 4.31 Å². The molecular formula is C15H20ClNO3S. The minimum absolute atomic E-state index is 0.0444. The van der Waals surface area contributed by atoms with Gasteiger partial charge in [0.2, 0.25) is 10.0 Å². The fourth-order valence-electron chi connectivity index (χ4n) is 2.30. The lowest BCUT2D eigenvalue weighted by Crippen LogP contribution is -2.43. The molecule has 1 heterocycles. The van der Waals surface area contributed by atoms with Gasteiger partial charge in [-0.3, -0.25) is 0 Å². The lowest BCUT2D eigenvalue weighted by atomic mass is 10.1. The first-order chi connectivity index (χ1) is 10.0. The van der Waals surface area contributed by atoms with Crippen molar-refractivity contribution in [3.05, 3.63) is 41.4 Å². The Kier molecular flexibility index (Phi) is 5.81. The Balaban J connectivity index is 2.07. The highest BCUT2D eigenvalue weighted by atomic mass is 35.5. The number of nitrogens with zero attached hydrogens (tertiary/aromatic N) is 1. The molecule has 1 fully saturated rings. The number of piperidine rings is 1. The third-order valence-corrected chi connectivity index (χ3v) is 5.59. The lowest BCUT2D eigenvalue weighted by molar-refractivity contribution is 0.0353. The van der Waals surface area contributed by atoms with Gasteiger partial charge in [0.15, 0.2) is 0 Å². The molecule has 0 bridgehead atoms. The van der Waals surface area contributed by atoms with Crippen LogP contribution in [0.2, 0.25) is 5.02 Å². The standard InChI is InChI=1S/C15H20ClNO3S/c1-2-3-11-20-14-5-4-10-17(12-14)21(18,19)15-8-6-13(16)7-9-15/h2-3,6-9,14H,4-5,10-12H2,1H3/b3-2-/t14-/m1/s1. The van der Waals surface area contributed by atoms with Crippen LogP contribution in [0.15, 0.2) is 41.3 Å². The zero-order chi connectivity index (χ0) is 15.3. The predicted molar refractivity (Wildman–Crippen MR) is 84.0 cm³/mol. The van der Waals surface area contributed by atoms with E-state index in [9.17, 15) is 8.42 Å². The summed E-state index contributed by atoms with van der Waals surface area (Å²) in [5, 5.41) is 0.528. The van der Waals surface area contributed by atoms with Gasteiger partial charge in [0.25, 0.3) is 0 Å². The van der Waals surface area contributed by atoms with Crippen LogP contribution in [0.1, 0.15) is 19.8 Å².